The van der Waals surface area contributed by atoms with Gasteiger partial charge in [0.15, 0.2) is 0 Å². The van der Waals surface area contributed by atoms with Crippen LogP contribution >= 0.6 is 11.6 Å². The number of piperidine rings is 1. The number of rotatable bonds is 5. The van der Waals surface area contributed by atoms with Crippen LogP contribution in [0.3, 0.4) is 0 Å². The fourth-order valence-corrected chi connectivity index (χ4v) is 5.56. The Hall–Kier alpha value is -2.10. The van der Waals surface area contributed by atoms with Crippen LogP contribution in [0.15, 0.2) is 53.4 Å². The number of alkyl halides is 3. The van der Waals surface area contributed by atoms with Gasteiger partial charge in [-0.3, -0.25) is 4.79 Å². The summed E-state index contributed by atoms with van der Waals surface area (Å²) >= 11 is 6.14. The highest BCUT2D eigenvalue weighted by molar-refractivity contribution is 7.89. The van der Waals surface area contributed by atoms with E-state index in [2.05, 4.69) is 0 Å². The van der Waals surface area contributed by atoms with Gasteiger partial charge in [0.05, 0.1) is 10.5 Å². The third-order valence-electron chi connectivity index (χ3n) is 5.36. The van der Waals surface area contributed by atoms with Crippen LogP contribution in [0.4, 0.5) is 13.2 Å². The normalized spacial score (nSPS) is 16.3. The van der Waals surface area contributed by atoms with E-state index >= 15 is 0 Å². The molecular formula is C21H22ClF3N2O3S. The van der Waals surface area contributed by atoms with E-state index in [1.165, 1.54) is 11.0 Å². The minimum atomic E-state index is -4.78. The Labute approximate surface area is 184 Å². The first-order valence-electron chi connectivity index (χ1n) is 9.66. The summed E-state index contributed by atoms with van der Waals surface area (Å²) in [6.07, 6.45) is -4.31. The molecule has 168 valence electrons. The predicted molar refractivity (Wildman–Crippen MR) is 111 cm³/mol. The molecular weight excluding hydrogens is 453 g/mol. The lowest BCUT2D eigenvalue weighted by atomic mass is 9.96. The van der Waals surface area contributed by atoms with E-state index in [1.807, 2.05) is 12.1 Å². The van der Waals surface area contributed by atoms with E-state index in [4.69, 9.17) is 11.6 Å². The second kappa shape index (κ2) is 9.18. The molecule has 1 fully saturated rings. The quantitative estimate of drug-likeness (QED) is 0.644. The van der Waals surface area contributed by atoms with Gasteiger partial charge in [-0.2, -0.15) is 17.5 Å². The Morgan fingerprint density at radius 1 is 1.10 bits per heavy atom. The molecule has 1 heterocycles. The van der Waals surface area contributed by atoms with Crippen molar-refractivity contribution in [3.05, 3.63) is 64.7 Å². The molecule has 0 unspecified atom stereocenters. The molecule has 0 radical (unpaired) electrons. The van der Waals surface area contributed by atoms with Crippen molar-refractivity contribution in [2.24, 2.45) is 5.92 Å². The molecule has 1 amide bonds. The molecule has 1 aliphatic rings. The third kappa shape index (κ3) is 5.22. The number of hydrogen-bond donors (Lipinski definition) is 0. The van der Waals surface area contributed by atoms with E-state index in [9.17, 15) is 26.4 Å². The van der Waals surface area contributed by atoms with Crippen LogP contribution < -0.4 is 0 Å². The first-order chi connectivity index (χ1) is 14.5. The summed E-state index contributed by atoms with van der Waals surface area (Å²) in [4.78, 5) is 13.6. The van der Waals surface area contributed by atoms with E-state index in [-0.39, 0.29) is 31.8 Å². The molecule has 10 heteroatoms. The van der Waals surface area contributed by atoms with Crippen molar-refractivity contribution in [3.63, 3.8) is 0 Å². The zero-order valence-corrected chi connectivity index (χ0v) is 18.3. The van der Waals surface area contributed by atoms with Gasteiger partial charge >= 0.3 is 6.18 Å². The molecule has 1 saturated heterocycles. The zero-order valence-electron chi connectivity index (χ0n) is 16.8. The van der Waals surface area contributed by atoms with Crippen LogP contribution in [0.2, 0.25) is 5.02 Å². The molecule has 0 atom stereocenters. The summed E-state index contributed by atoms with van der Waals surface area (Å²) in [6, 6.07) is 11.3. The Morgan fingerprint density at radius 3 is 2.29 bits per heavy atom. The summed E-state index contributed by atoms with van der Waals surface area (Å²) in [6.45, 7) is 0.270. The number of amides is 1. The molecule has 1 aliphatic heterocycles. The van der Waals surface area contributed by atoms with Crippen molar-refractivity contribution in [1.29, 1.82) is 0 Å². The van der Waals surface area contributed by atoms with Crippen molar-refractivity contribution in [2.45, 2.75) is 30.5 Å². The Bertz CT molecular complexity index is 1050. The average Bonchev–Trinajstić information content (AvgIpc) is 2.74. The number of benzene rings is 2. The van der Waals surface area contributed by atoms with Gasteiger partial charge in [0, 0.05) is 37.6 Å². The van der Waals surface area contributed by atoms with E-state index in [1.54, 1.807) is 19.2 Å². The lowest BCUT2D eigenvalue weighted by Gasteiger charge is -2.33. The number of nitrogens with zero attached hydrogens (tertiary/aromatic N) is 2. The minimum Gasteiger partial charge on any atom is -0.341 e. The number of carbonyl (C=O) groups excluding carboxylic acids is 1. The van der Waals surface area contributed by atoms with E-state index in [0.717, 1.165) is 28.1 Å². The fraction of sp³-hybridized carbons (Fsp3) is 0.381. The molecule has 3 rings (SSSR count). The number of halogens is 4. The topological polar surface area (TPSA) is 57.7 Å². The van der Waals surface area contributed by atoms with E-state index in [0.29, 0.717) is 11.6 Å². The molecule has 31 heavy (non-hydrogen) atoms. The predicted octanol–water partition coefficient (Wildman–Crippen LogP) is 4.42. The maximum absolute atomic E-state index is 13.3. The van der Waals surface area contributed by atoms with Gasteiger partial charge in [-0.1, -0.05) is 41.9 Å². The van der Waals surface area contributed by atoms with Crippen LogP contribution in [0.25, 0.3) is 0 Å². The number of carbonyl (C=O) groups is 1. The van der Waals surface area contributed by atoms with Gasteiger partial charge in [0.1, 0.15) is 0 Å². The molecule has 5 nitrogen and oxygen atoms in total. The molecule has 0 saturated carbocycles. The van der Waals surface area contributed by atoms with Crippen molar-refractivity contribution in [1.82, 2.24) is 9.21 Å². The highest BCUT2D eigenvalue weighted by Gasteiger charge is 2.40. The Kier molecular flexibility index (Phi) is 6.98. The first kappa shape index (κ1) is 23.6. The standard InChI is InChI=1S/C21H22ClF3N2O3S/c1-26(14-16-6-2-4-8-18(16)22)20(28)15-10-12-27(13-11-15)31(29,30)19-9-5-3-7-17(19)21(23,24)25/h2-9,15H,10-14H2,1H3. The minimum absolute atomic E-state index is 0.0230. The largest absolute Gasteiger partial charge is 0.417 e. The van der Waals surface area contributed by atoms with Gasteiger partial charge < -0.3 is 4.90 Å². The maximum atomic E-state index is 13.3. The van der Waals surface area contributed by atoms with E-state index < -0.39 is 32.6 Å². The van der Waals surface area contributed by atoms with Gasteiger partial charge in [0.2, 0.25) is 15.9 Å². The Balaban J connectivity index is 1.68. The molecule has 0 N–H and O–H groups in total. The van der Waals surface area contributed by atoms with Crippen molar-refractivity contribution < 1.29 is 26.4 Å². The molecule has 2 aromatic carbocycles. The van der Waals surface area contributed by atoms with Crippen LogP contribution in [0, 0.1) is 5.92 Å². The smallest absolute Gasteiger partial charge is 0.341 e. The number of sulfonamides is 1. The van der Waals surface area contributed by atoms with Gasteiger partial charge in [-0.05, 0) is 36.6 Å². The highest BCUT2D eigenvalue weighted by atomic mass is 35.5. The number of hydrogen-bond acceptors (Lipinski definition) is 3. The zero-order chi connectivity index (χ0) is 22.8. The SMILES string of the molecule is CN(Cc1ccccc1Cl)C(=O)C1CCN(S(=O)(=O)c2ccccc2C(F)(F)F)CC1. The maximum Gasteiger partial charge on any atom is 0.417 e. The summed E-state index contributed by atoms with van der Waals surface area (Å²) in [5.41, 5.74) is -0.392. The third-order valence-corrected chi connectivity index (χ3v) is 7.68. The lowest BCUT2D eigenvalue weighted by Crippen LogP contribution is -2.43. The average molecular weight is 475 g/mol. The summed E-state index contributed by atoms with van der Waals surface area (Å²) in [5, 5.41) is 0.548. The van der Waals surface area contributed by atoms with Gasteiger partial charge in [-0.15, -0.1) is 0 Å². The fourth-order valence-electron chi connectivity index (χ4n) is 3.68. The van der Waals surface area contributed by atoms with Crippen LogP contribution in [-0.4, -0.2) is 43.7 Å². The summed E-state index contributed by atoms with van der Waals surface area (Å²) in [7, 11) is -2.68. The summed E-state index contributed by atoms with van der Waals surface area (Å²) < 4.78 is 66.5. The molecule has 0 spiro atoms. The Morgan fingerprint density at radius 2 is 1.68 bits per heavy atom. The summed E-state index contributed by atoms with van der Waals surface area (Å²) in [5.74, 6) is -0.551. The van der Waals surface area contributed by atoms with Crippen molar-refractivity contribution in [2.75, 3.05) is 20.1 Å². The van der Waals surface area contributed by atoms with Crippen molar-refractivity contribution >= 4 is 27.5 Å². The molecule has 0 bridgehead atoms. The van der Waals surface area contributed by atoms with Gasteiger partial charge in [0.25, 0.3) is 0 Å². The first-order valence-corrected chi connectivity index (χ1v) is 11.5. The van der Waals surface area contributed by atoms with Crippen LogP contribution in [0.1, 0.15) is 24.0 Å². The second-order valence-corrected chi connectivity index (χ2v) is 9.77. The monoisotopic (exact) mass is 474 g/mol. The molecule has 0 aliphatic carbocycles. The second-order valence-electron chi connectivity index (χ2n) is 7.46. The lowest BCUT2D eigenvalue weighted by molar-refractivity contribution is -0.140. The highest BCUT2D eigenvalue weighted by Crippen LogP contribution is 2.36. The molecule has 2 aromatic rings. The van der Waals surface area contributed by atoms with Crippen LogP contribution in [0.5, 0.6) is 0 Å². The molecule has 0 aromatic heterocycles. The van der Waals surface area contributed by atoms with Gasteiger partial charge in [-0.25, -0.2) is 8.42 Å². The van der Waals surface area contributed by atoms with Crippen LogP contribution in [-0.2, 0) is 27.5 Å². The van der Waals surface area contributed by atoms with Crippen molar-refractivity contribution in [3.8, 4) is 0 Å².